The van der Waals surface area contributed by atoms with E-state index < -0.39 is 10.0 Å². The maximum absolute atomic E-state index is 12.0. The SMILES string of the molecule is CCn1cnc(S(=O)(=O)Nc2ccc(CO)cc2)c1. The summed E-state index contributed by atoms with van der Waals surface area (Å²) in [5.41, 5.74) is 1.15. The third-order valence-corrected chi connectivity index (χ3v) is 3.90. The molecule has 0 fully saturated rings. The van der Waals surface area contributed by atoms with Crippen LogP contribution in [0.1, 0.15) is 12.5 Å². The molecule has 0 spiro atoms. The molecule has 19 heavy (non-hydrogen) atoms. The van der Waals surface area contributed by atoms with Crippen molar-refractivity contribution in [1.29, 1.82) is 0 Å². The van der Waals surface area contributed by atoms with Crippen LogP contribution >= 0.6 is 0 Å². The highest BCUT2D eigenvalue weighted by molar-refractivity contribution is 7.92. The second-order valence-electron chi connectivity index (χ2n) is 4.00. The Morgan fingerprint density at radius 1 is 1.32 bits per heavy atom. The van der Waals surface area contributed by atoms with E-state index in [1.54, 1.807) is 28.8 Å². The number of aliphatic hydroxyl groups excluding tert-OH is 1. The van der Waals surface area contributed by atoms with Crippen molar-refractivity contribution in [1.82, 2.24) is 9.55 Å². The Morgan fingerprint density at radius 3 is 2.53 bits per heavy atom. The van der Waals surface area contributed by atoms with E-state index in [-0.39, 0.29) is 11.6 Å². The number of sulfonamides is 1. The topological polar surface area (TPSA) is 84.2 Å². The zero-order valence-corrected chi connectivity index (χ0v) is 11.3. The largest absolute Gasteiger partial charge is 0.392 e. The summed E-state index contributed by atoms with van der Waals surface area (Å²) in [6, 6.07) is 6.50. The number of aliphatic hydroxyl groups is 1. The Morgan fingerprint density at radius 2 is 2.00 bits per heavy atom. The lowest BCUT2D eigenvalue weighted by Crippen LogP contribution is -2.13. The van der Waals surface area contributed by atoms with Crippen molar-refractivity contribution in [3.05, 3.63) is 42.4 Å². The number of benzene rings is 1. The molecular weight excluding hydrogens is 266 g/mol. The van der Waals surface area contributed by atoms with Gasteiger partial charge in [-0.15, -0.1) is 0 Å². The van der Waals surface area contributed by atoms with Gasteiger partial charge in [0.25, 0.3) is 10.0 Å². The van der Waals surface area contributed by atoms with Gasteiger partial charge in [-0.05, 0) is 24.6 Å². The molecule has 0 unspecified atom stereocenters. The molecule has 6 nitrogen and oxygen atoms in total. The zero-order chi connectivity index (χ0) is 13.9. The van der Waals surface area contributed by atoms with Crippen LogP contribution in [0.2, 0.25) is 0 Å². The molecule has 0 aliphatic heterocycles. The minimum absolute atomic E-state index is 0.0133. The lowest BCUT2D eigenvalue weighted by atomic mass is 10.2. The molecule has 0 bridgehead atoms. The fourth-order valence-electron chi connectivity index (χ4n) is 1.54. The van der Waals surface area contributed by atoms with Crippen molar-refractivity contribution in [3.63, 3.8) is 0 Å². The highest BCUT2D eigenvalue weighted by atomic mass is 32.2. The first-order valence-corrected chi connectivity index (χ1v) is 7.28. The van der Waals surface area contributed by atoms with Crippen molar-refractivity contribution in [2.24, 2.45) is 0 Å². The number of hydrogen-bond donors (Lipinski definition) is 2. The molecule has 0 radical (unpaired) electrons. The normalized spacial score (nSPS) is 11.5. The molecule has 2 N–H and O–H groups in total. The van der Waals surface area contributed by atoms with E-state index in [1.165, 1.54) is 12.5 Å². The number of rotatable bonds is 5. The fourth-order valence-corrected chi connectivity index (χ4v) is 2.55. The van der Waals surface area contributed by atoms with Crippen molar-refractivity contribution in [3.8, 4) is 0 Å². The Labute approximate surface area is 111 Å². The van der Waals surface area contributed by atoms with Gasteiger partial charge >= 0.3 is 0 Å². The molecule has 2 rings (SSSR count). The quantitative estimate of drug-likeness (QED) is 0.862. The number of aryl methyl sites for hydroxylation is 1. The number of imidazole rings is 1. The van der Waals surface area contributed by atoms with Crippen LogP contribution in [-0.2, 0) is 23.2 Å². The fraction of sp³-hybridized carbons (Fsp3) is 0.250. The summed E-state index contributed by atoms with van der Waals surface area (Å²) < 4.78 is 28.2. The zero-order valence-electron chi connectivity index (χ0n) is 10.4. The summed E-state index contributed by atoms with van der Waals surface area (Å²) in [4.78, 5) is 3.86. The van der Waals surface area contributed by atoms with Gasteiger partial charge in [0.15, 0.2) is 5.03 Å². The molecule has 102 valence electrons. The lowest BCUT2D eigenvalue weighted by molar-refractivity contribution is 0.282. The van der Waals surface area contributed by atoms with E-state index in [1.807, 2.05) is 6.92 Å². The molecule has 1 aromatic carbocycles. The molecule has 0 atom stereocenters. The van der Waals surface area contributed by atoms with Crippen molar-refractivity contribution in [2.45, 2.75) is 25.1 Å². The van der Waals surface area contributed by atoms with E-state index in [2.05, 4.69) is 9.71 Å². The Balaban J connectivity index is 2.20. The van der Waals surface area contributed by atoms with Crippen LogP contribution in [0.15, 0.2) is 41.8 Å². The van der Waals surface area contributed by atoms with Crippen LogP contribution in [0, 0.1) is 0 Å². The minimum atomic E-state index is -3.67. The highest BCUT2D eigenvalue weighted by Crippen LogP contribution is 2.15. The summed E-state index contributed by atoms with van der Waals surface area (Å²) in [7, 11) is -3.67. The molecule has 0 aliphatic rings. The van der Waals surface area contributed by atoms with E-state index in [9.17, 15) is 8.42 Å². The summed E-state index contributed by atoms with van der Waals surface area (Å²) in [5, 5.41) is 8.90. The maximum Gasteiger partial charge on any atom is 0.280 e. The molecule has 7 heteroatoms. The Hall–Kier alpha value is -1.86. The van der Waals surface area contributed by atoms with Crippen molar-refractivity contribution < 1.29 is 13.5 Å². The maximum atomic E-state index is 12.0. The second-order valence-corrected chi connectivity index (χ2v) is 5.63. The molecule has 0 saturated heterocycles. The van der Waals surface area contributed by atoms with Gasteiger partial charge < -0.3 is 9.67 Å². The smallest absolute Gasteiger partial charge is 0.280 e. The minimum Gasteiger partial charge on any atom is -0.392 e. The Bertz CT molecular complexity index is 647. The predicted octanol–water partition coefficient (Wildman–Crippen LogP) is 1.20. The summed E-state index contributed by atoms with van der Waals surface area (Å²) in [6.45, 7) is 2.49. The summed E-state index contributed by atoms with van der Waals surface area (Å²) in [5.74, 6) is 0. The molecule has 0 amide bonds. The van der Waals surface area contributed by atoms with Crippen LogP contribution < -0.4 is 4.72 Å². The third-order valence-electron chi connectivity index (χ3n) is 2.64. The highest BCUT2D eigenvalue weighted by Gasteiger charge is 2.17. The first kappa shape index (κ1) is 13.6. The van der Waals surface area contributed by atoms with E-state index >= 15 is 0 Å². The third kappa shape index (κ3) is 3.12. The van der Waals surface area contributed by atoms with Gasteiger partial charge in [0.05, 0.1) is 12.9 Å². The molecule has 1 aromatic heterocycles. The van der Waals surface area contributed by atoms with E-state index in [4.69, 9.17) is 5.11 Å². The van der Waals surface area contributed by atoms with Gasteiger partial charge in [-0.1, -0.05) is 12.1 Å². The number of aromatic nitrogens is 2. The molecule has 2 aromatic rings. The van der Waals surface area contributed by atoms with Crippen molar-refractivity contribution >= 4 is 15.7 Å². The average molecular weight is 281 g/mol. The monoisotopic (exact) mass is 281 g/mol. The summed E-state index contributed by atoms with van der Waals surface area (Å²) >= 11 is 0. The van der Waals surface area contributed by atoms with Crippen LogP contribution in [0.25, 0.3) is 0 Å². The molecule has 0 saturated carbocycles. The Kier molecular flexibility index (Phi) is 3.87. The molecule has 1 heterocycles. The number of anilines is 1. The number of nitrogens with zero attached hydrogens (tertiary/aromatic N) is 2. The first-order chi connectivity index (χ1) is 9.05. The standard InChI is InChI=1S/C12H15N3O3S/c1-2-15-7-12(13-9-15)19(17,18)14-11-5-3-10(8-16)4-6-11/h3-7,9,14,16H,2,8H2,1H3. The van der Waals surface area contributed by atoms with Gasteiger partial charge in [0.2, 0.25) is 0 Å². The molecule has 0 aliphatic carbocycles. The van der Waals surface area contributed by atoms with Gasteiger partial charge in [-0.3, -0.25) is 4.72 Å². The van der Waals surface area contributed by atoms with Gasteiger partial charge in [0, 0.05) is 18.4 Å². The molecular formula is C12H15N3O3S. The first-order valence-electron chi connectivity index (χ1n) is 5.79. The second kappa shape index (κ2) is 5.41. The average Bonchev–Trinajstić information content (AvgIpc) is 2.89. The number of nitrogens with one attached hydrogen (secondary N) is 1. The van der Waals surface area contributed by atoms with Crippen LogP contribution in [0.3, 0.4) is 0 Å². The van der Waals surface area contributed by atoms with E-state index in [0.29, 0.717) is 12.2 Å². The lowest BCUT2D eigenvalue weighted by Gasteiger charge is -2.06. The van der Waals surface area contributed by atoms with Gasteiger partial charge in [0.1, 0.15) is 0 Å². The van der Waals surface area contributed by atoms with Crippen LogP contribution in [0.4, 0.5) is 5.69 Å². The summed E-state index contributed by atoms with van der Waals surface area (Å²) in [6.07, 6.45) is 2.95. The van der Waals surface area contributed by atoms with Gasteiger partial charge in [-0.25, -0.2) is 4.98 Å². The predicted molar refractivity (Wildman–Crippen MR) is 71.1 cm³/mol. The number of hydrogen-bond acceptors (Lipinski definition) is 4. The van der Waals surface area contributed by atoms with Crippen LogP contribution in [-0.4, -0.2) is 23.1 Å². The van der Waals surface area contributed by atoms with Crippen LogP contribution in [0.5, 0.6) is 0 Å². The van der Waals surface area contributed by atoms with Crippen molar-refractivity contribution in [2.75, 3.05) is 4.72 Å². The van der Waals surface area contributed by atoms with E-state index in [0.717, 1.165) is 5.56 Å². The van der Waals surface area contributed by atoms with Gasteiger partial charge in [-0.2, -0.15) is 8.42 Å².